The summed E-state index contributed by atoms with van der Waals surface area (Å²) in [5.41, 5.74) is 2.50. The lowest BCUT2D eigenvalue weighted by molar-refractivity contribution is 0.188. The Bertz CT molecular complexity index is 1360. The van der Waals surface area contributed by atoms with Crippen LogP contribution in [0.25, 0.3) is 0 Å². The molecule has 2 amide bonds. The minimum atomic E-state index is -3.31. The molecule has 3 aromatic carbocycles. The Balaban J connectivity index is 0.00000462. The molecule has 1 aliphatic heterocycles. The largest absolute Gasteiger partial charge is 0.457 e. The van der Waals surface area contributed by atoms with Gasteiger partial charge in [0, 0.05) is 48.6 Å². The average Bonchev–Trinajstić information content (AvgIpc) is 2.91. The first-order valence-electron chi connectivity index (χ1n) is 13.6. The number of halogens is 2. The first-order chi connectivity index (χ1) is 19.2. The van der Waals surface area contributed by atoms with Crippen LogP contribution in [-0.4, -0.2) is 51.3 Å². The summed E-state index contributed by atoms with van der Waals surface area (Å²) in [5, 5.41) is 3.87. The van der Waals surface area contributed by atoms with E-state index < -0.39 is 10.0 Å². The predicted octanol–water partition coefficient (Wildman–Crippen LogP) is 6.91. The molecule has 0 aliphatic carbocycles. The molecule has 2 N–H and O–H groups in total. The highest BCUT2D eigenvalue weighted by molar-refractivity contribution is 7.92. The number of urea groups is 1. The highest BCUT2D eigenvalue weighted by Gasteiger charge is 2.24. The van der Waals surface area contributed by atoms with Gasteiger partial charge < -0.3 is 10.1 Å². The zero-order chi connectivity index (χ0) is 28.5. The number of carbonyl (C=O) groups excluding carboxylic acids is 1. The third kappa shape index (κ3) is 10.4. The molecule has 0 radical (unpaired) electrons. The Labute approximate surface area is 254 Å². The Morgan fingerprint density at radius 1 is 1.02 bits per heavy atom. The number of ether oxygens (including phenoxy) is 1. The molecule has 4 rings (SSSR count). The van der Waals surface area contributed by atoms with Crippen molar-refractivity contribution in [1.29, 1.82) is 0 Å². The molecular weight excluding hydrogens is 583 g/mol. The van der Waals surface area contributed by atoms with Gasteiger partial charge in [-0.3, -0.25) is 14.5 Å². The van der Waals surface area contributed by atoms with Crippen LogP contribution in [0.15, 0.2) is 72.8 Å². The minimum Gasteiger partial charge on any atom is -0.457 e. The summed E-state index contributed by atoms with van der Waals surface area (Å²) in [6, 6.07) is 22.3. The van der Waals surface area contributed by atoms with E-state index in [1.807, 2.05) is 36.4 Å². The molecule has 0 spiro atoms. The molecule has 0 unspecified atom stereocenters. The average molecular weight is 622 g/mol. The number of carbonyl (C=O) groups is 1. The molecule has 1 heterocycles. The SMILES string of the molecule is CCCCN(C(=O)NC1CCN(Cc2ccc(Oc3ccc(NS(C)(=O)=O)cc3)cc2)CC1)c1cccc(Cl)c1.Cl. The number of unbranched alkanes of at least 4 members (excludes halogenated alkanes) is 1. The van der Waals surface area contributed by atoms with Gasteiger partial charge in [0.25, 0.3) is 0 Å². The predicted molar refractivity (Wildman–Crippen MR) is 169 cm³/mol. The minimum absolute atomic E-state index is 0. The monoisotopic (exact) mass is 620 g/mol. The van der Waals surface area contributed by atoms with Crippen molar-refractivity contribution in [3.05, 3.63) is 83.4 Å². The molecule has 1 aliphatic rings. The van der Waals surface area contributed by atoms with E-state index in [1.54, 1.807) is 29.2 Å². The number of rotatable bonds is 11. The van der Waals surface area contributed by atoms with Crippen molar-refractivity contribution in [2.24, 2.45) is 0 Å². The first kappa shape index (κ1) is 32.5. The van der Waals surface area contributed by atoms with Crippen LogP contribution in [0.3, 0.4) is 0 Å². The van der Waals surface area contributed by atoms with Gasteiger partial charge in [-0.05, 0) is 79.4 Å². The number of anilines is 2. The third-order valence-electron chi connectivity index (χ3n) is 6.74. The van der Waals surface area contributed by atoms with Crippen LogP contribution in [0.1, 0.15) is 38.2 Å². The molecule has 11 heteroatoms. The highest BCUT2D eigenvalue weighted by Crippen LogP contribution is 2.25. The molecule has 222 valence electrons. The summed E-state index contributed by atoms with van der Waals surface area (Å²) in [7, 11) is -3.31. The maximum absolute atomic E-state index is 13.2. The fraction of sp³-hybridized carbons (Fsp3) is 0.367. The van der Waals surface area contributed by atoms with E-state index in [0.717, 1.165) is 57.3 Å². The van der Waals surface area contributed by atoms with Gasteiger partial charge in [-0.2, -0.15) is 0 Å². The van der Waals surface area contributed by atoms with E-state index in [2.05, 4.69) is 34.0 Å². The number of amides is 2. The van der Waals surface area contributed by atoms with Crippen LogP contribution in [0, 0.1) is 0 Å². The van der Waals surface area contributed by atoms with Crippen LogP contribution in [0.2, 0.25) is 5.02 Å². The maximum Gasteiger partial charge on any atom is 0.322 e. The Morgan fingerprint density at radius 3 is 2.24 bits per heavy atom. The van der Waals surface area contributed by atoms with Crippen LogP contribution in [0.4, 0.5) is 16.2 Å². The summed E-state index contributed by atoms with van der Waals surface area (Å²) in [6.45, 7) is 5.42. The van der Waals surface area contributed by atoms with Crippen molar-refractivity contribution in [2.75, 3.05) is 35.5 Å². The smallest absolute Gasteiger partial charge is 0.322 e. The summed E-state index contributed by atoms with van der Waals surface area (Å²) in [4.78, 5) is 17.4. The number of benzene rings is 3. The van der Waals surface area contributed by atoms with Crippen LogP contribution >= 0.6 is 24.0 Å². The summed E-state index contributed by atoms with van der Waals surface area (Å²) in [5.74, 6) is 1.33. The molecule has 0 atom stereocenters. The number of hydrogen-bond donors (Lipinski definition) is 2. The lowest BCUT2D eigenvalue weighted by Gasteiger charge is -2.34. The number of sulfonamides is 1. The Kier molecular flexibility index (Phi) is 12.1. The fourth-order valence-electron chi connectivity index (χ4n) is 4.66. The van der Waals surface area contributed by atoms with E-state index in [1.165, 1.54) is 5.56 Å². The lowest BCUT2D eigenvalue weighted by atomic mass is 10.0. The van der Waals surface area contributed by atoms with Gasteiger partial charge >= 0.3 is 6.03 Å². The standard InChI is InChI=1S/C30H37ClN4O4S.ClH/c1-3-4-18-35(27-7-5-6-24(31)21-27)30(36)32-25-16-19-34(20-17-25)22-23-8-12-28(13-9-23)39-29-14-10-26(11-15-29)33-40(2,37)38;/h5-15,21,25,33H,3-4,16-20,22H2,1-2H3,(H,32,36);1H. The molecule has 1 fully saturated rings. The number of hydrogen-bond acceptors (Lipinski definition) is 5. The van der Waals surface area contributed by atoms with Crippen LogP contribution < -0.4 is 19.7 Å². The summed E-state index contributed by atoms with van der Waals surface area (Å²) >= 11 is 6.18. The van der Waals surface area contributed by atoms with E-state index in [0.29, 0.717) is 28.8 Å². The van der Waals surface area contributed by atoms with Gasteiger partial charge in [0.2, 0.25) is 10.0 Å². The molecule has 41 heavy (non-hydrogen) atoms. The summed E-state index contributed by atoms with van der Waals surface area (Å²) in [6.07, 6.45) is 4.85. The number of likely N-dealkylation sites (tertiary alicyclic amines) is 1. The molecule has 1 saturated heterocycles. The van der Waals surface area contributed by atoms with E-state index in [-0.39, 0.29) is 24.5 Å². The van der Waals surface area contributed by atoms with Gasteiger partial charge in [-0.15, -0.1) is 12.4 Å². The van der Waals surface area contributed by atoms with E-state index in [4.69, 9.17) is 16.3 Å². The van der Waals surface area contributed by atoms with Crippen molar-refractivity contribution in [3.63, 3.8) is 0 Å². The van der Waals surface area contributed by atoms with E-state index >= 15 is 0 Å². The third-order valence-corrected chi connectivity index (χ3v) is 7.58. The molecule has 8 nitrogen and oxygen atoms in total. The second-order valence-corrected chi connectivity index (χ2v) is 12.3. The van der Waals surface area contributed by atoms with Crippen molar-refractivity contribution in [3.8, 4) is 11.5 Å². The van der Waals surface area contributed by atoms with Crippen molar-refractivity contribution >= 4 is 51.4 Å². The lowest BCUT2D eigenvalue weighted by Crippen LogP contribution is -2.49. The highest BCUT2D eigenvalue weighted by atomic mass is 35.5. The molecular formula is C30H38Cl2N4O4S. The molecule has 0 bridgehead atoms. The topological polar surface area (TPSA) is 91.0 Å². The number of nitrogens with zero attached hydrogens (tertiary/aromatic N) is 2. The quantitative estimate of drug-likeness (QED) is 0.243. The Hall–Kier alpha value is -2.98. The zero-order valence-electron chi connectivity index (χ0n) is 23.4. The molecule has 3 aromatic rings. The van der Waals surface area contributed by atoms with Crippen molar-refractivity contribution < 1.29 is 17.9 Å². The van der Waals surface area contributed by atoms with Crippen molar-refractivity contribution in [1.82, 2.24) is 10.2 Å². The zero-order valence-corrected chi connectivity index (χ0v) is 25.8. The normalized spacial score (nSPS) is 14.1. The van der Waals surface area contributed by atoms with Gasteiger partial charge in [-0.1, -0.05) is 43.1 Å². The number of nitrogens with one attached hydrogen (secondary N) is 2. The van der Waals surface area contributed by atoms with Crippen LogP contribution in [0.5, 0.6) is 11.5 Å². The van der Waals surface area contributed by atoms with Gasteiger partial charge in [0.05, 0.1) is 6.26 Å². The second kappa shape index (κ2) is 15.3. The Morgan fingerprint density at radius 2 is 1.66 bits per heavy atom. The van der Waals surface area contributed by atoms with Gasteiger partial charge in [-0.25, -0.2) is 13.2 Å². The van der Waals surface area contributed by atoms with Gasteiger partial charge in [0.1, 0.15) is 11.5 Å². The van der Waals surface area contributed by atoms with Crippen LogP contribution in [-0.2, 0) is 16.6 Å². The van der Waals surface area contributed by atoms with Crippen molar-refractivity contribution in [2.45, 2.75) is 45.2 Å². The second-order valence-electron chi connectivity index (χ2n) is 10.1. The van der Waals surface area contributed by atoms with Gasteiger partial charge in [0.15, 0.2) is 0 Å². The first-order valence-corrected chi connectivity index (χ1v) is 15.9. The fourth-order valence-corrected chi connectivity index (χ4v) is 5.41. The molecule has 0 aromatic heterocycles. The van der Waals surface area contributed by atoms with E-state index in [9.17, 15) is 13.2 Å². The summed E-state index contributed by atoms with van der Waals surface area (Å²) < 4.78 is 31.0. The number of piperidine rings is 1. The maximum atomic E-state index is 13.2. The molecule has 0 saturated carbocycles.